The highest BCUT2D eigenvalue weighted by Gasteiger charge is 2.17. The van der Waals surface area contributed by atoms with Crippen molar-refractivity contribution in [2.75, 3.05) is 0 Å². The predicted octanol–water partition coefficient (Wildman–Crippen LogP) is 1.87. The average Bonchev–Trinajstić information content (AvgIpc) is 2.17. The number of rotatable bonds is 2. The number of hydrogen-bond acceptors (Lipinski definition) is 2. The molecule has 0 atom stereocenters. The van der Waals surface area contributed by atoms with Gasteiger partial charge in [-0.1, -0.05) is 12.1 Å². The van der Waals surface area contributed by atoms with Crippen molar-refractivity contribution in [2.45, 2.75) is 32.9 Å². The van der Waals surface area contributed by atoms with Gasteiger partial charge in [0.1, 0.15) is 0 Å². The first-order valence-corrected chi connectivity index (χ1v) is 5.04. The van der Waals surface area contributed by atoms with Crippen molar-refractivity contribution in [1.82, 2.24) is 0 Å². The van der Waals surface area contributed by atoms with Gasteiger partial charge >= 0.3 is 0 Å². The van der Waals surface area contributed by atoms with E-state index in [1.807, 2.05) is 45.0 Å². The van der Waals surface area contributed by atoms with Crippen LogP contribution in [0.2, 0.25) is 0 Å². The highest BCUT2D eigenvalue weighted by molar-refractivity contribution is 5.75. The van der Waals surface area contributed by atoms with Crippen molar-refractivity contribution < 1.29 is 4.74 Å². The van der Waals surface area contributed by atoms with Crippen LogP contribution < -0.4 is 5.73 Å². The van der Waals surface area contributed by atoms with Crippen LogP contribution in [0.25, 0.3) is 0 Å². The molecule has 3 heteroatoms. The fraction of sp³-hybridized carbons (Fsp3) is 0.417. The summed E-state index contributed by atoms with van der Waals surface area (Å²) >= 11 is 0. The second-order valence-electron chi connectivity index (χ2n) is 4.57. The summed E-state index contributed by atoms with van der Waals surface area (Å²) in [7, 11) is 0. The SMILES string of the molecule is CC(C)(C)[N+]([O-])=Cc1ccc(CN)cc1. The molecule has 1 rings (SSSR count). The van der Waals surface area contributed by atoms with Gasteiger partial charge in [0.15, 0.2) is 11.8 Å². The minimum absolute atomic E-state index is 0.396. The normalized spacial score (nSPS) is 12.9. The standard InChI is InChI=1S/C12H18N2O/c1-12(2,3)14(15)9-11-6-4-10(8-13)5-7-11/h4-7,9H,8,13H2,1-3H3. The Morgan fingerprint density at radius 3 is 2.20 bits per heavy atom. The van der Waals surface area contributed by atoms with Gasteiger partial charge < -0.3 is 10.9 Å². The Morgan fingerprint density at radius 2 is 1.80 bits per heavy atom. The summed E-state index contributed by atoms with van der Waals surface area (Å²) in [4.78, 5) is 0. The van der Waals surface area contributed by atoms with Gasteiger partial charge in [0.25, 0.3) is 0 Å². The van der Waals surface area contributed by atoms with Gasteiger partial charge in [-0.3, -0.25) is 0 Å². The van der Waals surface area contributed by atoms with Crippen molar-refractivity contribution in [3.63, 3.8) is 0 Å². The van der Waals surface area contributed by atoms with Crippen LogP contribution in [-0.2, 0) is 6.54 Å². The van der Waals surface area contributed by atoms with E-state index in [0.29, 0.717) is 6.54 Å². The quantitative estimate of drug-likeness (QED) is 0.347. The van der Waals surface area contributed by atoms with E-state index in [9.17, 15) is 5.21 Å². The molecule has 15 heavy (non-hydrogen) atoms. The second-order valence-corrected chi connectivity index (χ2v) is 4.57. The molecule has 0 radical (unpaired) electrons. The minimum atomic E-state index is -0.396. The molecule has 0 aromatic heterocycles. The topological polar surface area (TPSA) is 52.1 Å². The summed E-state index contributed by atoms with van der Waals surface area (Å²) < 4.78 is 0.963. The van der Waals surface area contributed by atoms with Crippen LogP contribution in [0.1, 0.15) is 31.9 Å². The van der Waals surface area contributed by atoms with Gasteiger partial charge in [-0.05, 0) is 17.7 Å². The molecule has 0 aliphatic carbocycles. The lowest BCUT2D eigenvalue weighted by Crippen LogP contribution is -2.29. The monoisotopic (exact) mass is 206 g/mol. The fourth-order valence-corrected chi connectivity index (χ4v) is 1.07. The van der Waals surface area contributed by atoms with E-state index in [1.54, 1.807) is 6.21 Å². The van der Waals surface area contributed by atoms with Crippen LogP contribution in [-0.4, -0.2) is 16.5 Å². The smallest absolute Gasteiger partial charge is 0.182 e. The molecule has 0 aliphatic heterocycles. The van der Waals surface area contributed by atoms with E-state index < -0.39 is 5.54 Å². The molecular formula is C12H18N2O. The first-order valence-electron chi connectivity index (χ1n) is 5.04. The van der Waals surface area contributed by atoms with Gasteiger partial charge in [-0.25, -0.2) is 4.74 Å². The summed E-state index contributed by atoms with van der Waals surface area (Å²) in [5.41, 5.74) is 7.06. The maximum absolute atomic E-state index is 11.6. The zero-order valence-corrected chi connectivity index (χ0v) is 9.53. The lowest BCUT2D eigenvalue weighted by molar-refractivity contribution is -0.530. The Labute approximate surface area is 90.8 Å². The van der Waals surface area contributed by atoms with Gasteiger partial charge in [0.05, 0.1) is 0 Å². The molecule has 1 aromatic rings. The molecule has 0 saturated heterocycles. The summed E-state index contributed by atoms with van der Waals surface area (Å²) in [5, 5.41) is 11.6. The highest BCUT2D eigenvalue weighted by Crippen LogP contribution is 2.07. The van der Waals surface area contributed by atoms with Crippen LogP contribution in [0.5, 0.6) is 0 Å². The van der Waals surface area contributed by atoms with E-state index in [-0.39, 0.29) is 0 Å². The van der Waals surface area contributed by atoms with Crippen molar-refractivity contribution in [3.8, 4) is 0 Å². The first kappa shape index (κ1) is 11.7. The molecular weight excluding hydrogens is 188 g/mol. The predicted molar refractivity (Wildman–Crippen MR) is 62.9 cm³/mol. The Balaban J connectivity index is 2.89. The van der Waals surface area contributed by atoms with Gasteiger partial charge in [-0.15, -0.1) is 0 Å². The Morgan fingerprint density at radius 1 is 1.27 bits per heavy atom. The molecule has 0 amide bonds. The largest absolute Gasteiger partial charge is 0.623 e. The van der Waals surface area contributed by atoms with E-state index in [1.165, 1.54) is 0 Å². The molecule has 0 fully saturated rings. The molecule has 0 bridgehead atoms. The van der Waals surface area contributed by atoms with Crippen LogP contribution in [0.3, 0.4) is 0 Å². The molecule has 2 N–H and O–H groups in total. The molecule has 1 aromatic carbocycles. The maximum Gasteiger partial charge on any atom is 0.182 e. The van der Waals surface area contributed by atoms with E-state index in [2.05, 4.69) is 0 Å². The molecule has 82 valence electrons. The summed E-state index contributed by atoms with van der Waals surface area (Å²) in [6.07, 6.45) is 1.60. The van der Waals surface area contributed by atoms with E-state index >= 15 is 0 Å². The Hall–Kier alpha value is -1.35. The molecule has 0 aliphatic rings. The molecule has 3 nitrogen and oxygen atoms in total. The maximum atomic E-state index is 11.6. The van der Waals surface area contributed by atoms with E-state index in [0.717, 1.165) is 15.9 Å². The minimum Gasteiger partial charge on any atom is -0.623 e. The van der Waals surface area contributed by atoms with Crippen LogP contribution in [0.15, 0.2) is 24.3 Å². The lowest BCUT2D eigenvalue weighted by Gasteiger charge is -2.18. The Bertz CT molecular complexity index is 347. The molecule has 0 heterocycles. The van der Waals surface area contributed by atoms with Crippen molar-refractivity contribution >= 4 is 6.21 Å². The zero-order chi connectivity index (χ0) is 11.5. The number of hydrogen-bond donors (Lipinski definition) is 1. The summed E-state index contributed by atoms with van der Waals surface area (Å²) in [6, 6.07) is 7.67. The lowest BCUT2D eigenvalue weighted by atomic mass is 10.1. The third-order valence-corrected chi connectivity index (χ3v) is 2.14. The van der Waals surface area contributed by atoms with Crippen LogP contribution >= 0.6 is 0 Å². The van der Waals surface area contributed by atoms with Crippen LogP contribution in [0, 0.1) is 5.21 Å². The molecule has 0 saturated carbocycles. The summed E-state index contributed by atoms with van der Waals surface area (Å²) in [6.45, 7) is 6.17. The van der Waals surface area contributed by atoms with Gasteiger partial charge in [0.2, 0.25) is 0 Å². The zero-order valence-electron chi connectivity index (χ0n) is 9.53. The Kier molecular flexibility index (Phi) is 3.48. The summed E-state index contributed by atoms with van der Waals surface area (Å²) in [5.74, 6) is 0. The number of hydroxylamine groups is 1. The van der Waals surface area contributed by atoms with E-state index in [4.69, 9.17) is 5.73 Å². The fourth-order valence-electron chi connectivity index (χ4n) is 1.07. The van der Waals surface area contributed by atoms with Crippen molar-refractivity contribution in [3.05, 3.63) is 40.6 Å². The van der Waals surface area contributed by atoms with Crippen molar-refractivity contribution in [1.29, 1.82) is 0 Å². The molecule has 0 unspecified atom stereocenters. The van der Waals surface area contributed by atoms with Gasteiger partial charge in [-0.2, -0.15) is 0 Å². The highest BCUT2D eigenvalue weighted by atomic mass is 16.5. The second kappa shape index (κ2) is 4.45. The first-order chi connectivity index (χ1) is 6.93. The third kappa shape index (κ3) is 3.36. The third-order valence-electron chi connectivity index (χ3n) is 2.14. The van der Waals surface area contributed by atoms with Crippen molar-refractivity contribution in [2.24, 2.45) is 5.73 Å². The number of nitrogens with zero attached hydrogens (tertiary/aromatic N) is 1. The van der Waals surface area contributed by atoms with Gasteiger partial charge in [0, 0.05) is 32.9 Å². The average molecular weight is 206 g/mol. The number of nitrogens with two attached hydrogens (primary N) is 1. The molecule has 0 spiro atoms. The van der Waals surface area contributed by atoms with Crippen LogP contribution in [0.4, 0.5) is 0 Å². The number of benzene rings is 1.